The van der Waals surface area contributed by atoms with Gasteiger partial charge in [0.1, 0.15) is 6.07 Å². The van der Waals surface area contributed by atoms with Crippen LogP contribution in [-0.4, -0.2) is 17.2 Å². The number of pyridine rings is 1. The third kappa shape index (κ3) is 2.80. The molecule has 3 rings (SSSR count). The van der Waals surface area contributed by atoms with Crippen LogP contribution < -0.4 is 10.1 Å². The standard InChI is InChI=1S/C18H14ClN3O2/c1-10-5-12(19)3-4-14(10)22-18-11(8-20)9-21-15-7-17(24-2)16(23)6-13(15)18/h3-7,9,23H,1-2H3,(H,21,22). The molecule has 3 aromatic rings. The number of rotatable bonds is 3. The lowest BCUT2D eigenvalue weighted by Crippen LogP contribution is -1.99. The molecule has 0 saturated heterocycles. The van der Waals surface area contributed by atoms with E-state index >= 15 is 0 Å². The Bertz CT molecular complexity index is 980. The van der Waals surface area contributed by atoms with Crippen LogP contribution in [0.5, 0.6) is 11.5 Å². The number of nitrogens with zero attached hydrogens (tertiary/aromatic N) is 2. The second-order valence-corrected chi connectivity index (χ2v) is 5.72. The zero-order valence-electron chi connectivity index (χ0n) is 13.1. The molecule has 0 unspecified atom stereocenters. The summed E-state index contributed by atoms with van der Waals surface area (Å²) in [7, 11) is 1.47. The lowest BCUT2D eigenvalue weighted by molar-refractivity contribution is 0.374. The van der Waals surface area contributed by atoms with E-state index in [1.165, 1.54) is 19.4 Å². The molecule has 0 aliphatic heterocycles. The molecule has 0 bridgehead atoms. The van der Waals surface area contributed by atoms with Gasteiger partial charge in [-0.15, -0.1) is 0 Å². The summed E-state index contributed by atoms with van der Waals surface area (Å²) in [5, 5.41) is 24.0. The molecule has 0 saturated carbocycles. The van der Waals surface area contributed by atoms with E-state index in [1.807, 2.05) is 19.1 Å². The van der Waals surface area contributed by atoms with Crippen LogP contribution >= 0.6 is 11.6 Å². The van der Waals surface area contributed by atoms with Crippen LogP contribution in [0.4, 0.5) is 11.4 Å². The average Bonchev–Trinajstić information content (AvgIpc) is 2.57. The van der Waals surface area contributed by atoms with Crippen LogP contribution in [0.2, 0.25) is 5.02 Å². The Hall–Kier alpha value is -2.97. The molecule has 0 amide bonds. The Kier molecular flexibility index (Phi) is 4.15. The van der Waals surface area contributed by atoms with Gasteiger partial charge in [0.15, 0.2) is 11.5 Å². The summed E-state index contributed by atoms with van der Waals surface area (Å²) >= 11 is 5.99. The third-order valence-electron chi connectivity index (χ3n) is 3.74. The van der Waals surface area contributed by atoms with Gasteiger partial charge in [-0.3, -0.25) is 4.98 Å². The van der Waals surface area contributed by atoms with Crippen molar-refractivity contribution in [2.45, 2.75) is 6.92 Å². The predicted molar refractivity (Wildman–Crippen MR) is 94.1 cm³/mol. The maximum atomic E-state index is 10.1. The molecule has 0 atom stereocenters. The van der Waals surface area contributed by atoms with Crippen molar-refractivity contribution in [2.24, 2.45) is 0 Å². The number of fused-ring (bicyclic) bond motifs is 1. The molecule has 24 heavy (non-hydrogen) atoms. The van der Waals surface area contributed by atoms with Crippen LogP contribution in [0.15, 0.2) is 36.5 Å². The normalized spacial score (nSPS) is 10.4. The number of hydrogen-bond acceptors (Lipinski definition) is 5. The van der Waals surface area contributed by atoms with E-state index in [1.54, 1.807) is 12.1 Å². The second kappa shape index (κ2) is 6.26. The van der Waals surface area contributed by atoms with E-state index in [-0.39, 0.29) is 5.75 Å². The van der Waals surface area contributed by atoms with Crippen LogP contribution in [0, 0.1) is 18.3 Å². The average molecular weight is 340 g/mol. The van der Waals surface area contributed by atoms with Gasteiger partial charge in [-0.1, -0.05) is 11.6 Å². The number of aryl methyl sites for hydroxylation is 1. The lowest BCUT2D eigenvalue weighted by atomic mass is 10.1. The molecule has 2 N–H and O–H groups in total. The number of anilines is 2. The van der Waals surface area contributed by atoms with Gasteiger partial charge in [0.05, 0.1) is 23.9 Å². The minimum absolute atomic E-state index is 0.0160. The van der Waals surface area contributed by atoms with Crippen LogP contribution in [0.3, 0.4) is 0 Å². The first-order valence-electron chi connectivity index (χ1n) is 7.16. The van der Waals surface area contributed by atoms with E-state index in [0.29, 0.717) is 32.9 Å². The molecule has 1 aromatic heterocycles. The van der Waals surface area contributed by atoms with E-state index in [9.17, 15) is 10.4 Å². The molecule has 5 nitrogen and oxygen atoms in total. The summed E-state index contributed by atoms with van der Waals surface area (Å²) < 4.78 is 5.11. The van der Waals surface area contributed by atoms with Crippen LogP contribution in [0.25, 0.3) is 10.9 Å². The summed E-state index contributed by atoms with van der Waals surface area (Å²) in [5.74, 6) is 0.311. The molecular weight excluding hydrogens is 326 g/mol. The summed E-state index contributed by atoms with van der Waals surface area (Å²) in [6.07, 6.45) is 1.49. The molecule has 1 heterocycles. The Morgan fingerprint density at radius 3 is 2.75 bits per heavy atom. The van der Waals surface area contributed by atoms with Gasteiger partial charge in [-0.25, -0.2) is 0 Å². The fourth-order valence-electron chi connectivity index (χ4n) is 2.49. The lowest BCUT2D eigenvalue weighted by Gasteiger charge is -2.14. The Morgan fingerprint density at radius 2 is 2.08 bits per heavy atom. The number of nitrogens with one attached hydrogen (secondary N) is 1. The molecule has 120 valence electrons. The number of aromatic hydroxyl groups is 1. The maximum absolute atomic E-state index is 10.1. The number of methoxy groups -OCH3 is 1. The summed E-state index contributed by atoms with van der Waals surface area (Å²) in [5.41, 5.74) is 3.32. The molecule has 0 spiro atoms. The van der Waals surface area contributed by atoms with Crippen LogP contribution in [0.1, 0.15) is 11.1 Å². The number of phenols is 1. The zero-order valence-corrected chi connectivity index (χ0v) is 13.8. The van der Waals surface area contributed by atoms with Crippen molar-refractivity contribution < 1.29 is 9.84 Å². The van der Waals surface area contributed by atoms with Crippen LogP contribution in [-0.2, 0) is 0 Å². The first-order chi connectivity index (χ1) is 11.5. The topological polar surface area (TPSA) is 78.2 Å². The third-order valence-corrected chi connectivity index (χ3v) is 3.97. The molecule has 0 radical (unpaired) electrons. The van der Waals surface area contributed by atoms with E-state index in [4.69, 9.17) is 16.3 Å². The van der Waals surface area contributed by atoms with E-state index in [2.05, 4.69) is 16.4 Å². The largest absolute Gasteiger partial charge is 0.504 e. The van der Waals surface area contributed by atoms with Crippen molar-refractivity contribution in [3.8, 4) is 17.6 Å². The number of halogens is 1. The summed E-state index contributed by atoms with van der Waals surface area (Å²) in [4.78, 5) is 4.27. The van der Waals surface area contributed by atoms with Crippen molar-refractivity contribution in [2.75, 3.05) is 12.4 Å². The van der Waals surface area contributed by atoms with Crippen molar-refractivity contribution in [3.63, 3.8) is 0 Å². The summed E-state index contributed by atoms with van der Waals surface area (Å²) in [6.45, 7) is 1.92. The highest BCUT2D eigenvalue weighted by Crippen LogP contribution is 2.36. The van der Waals surface area contributed by atoms with Crippen molar-refractivity contribution in [1.82, 2.24) is 4.98 Å². The number of ether oxygens (including phenoxy) is 1. The fourth-order valence-corrected chi connectivity index (χ4v) is 2.72. The minimum Gasteiger partial charge on any atom is -0.504 e. The maximum Gasteiger partial charge on any atom is 0.162 e. The van der Waals surface area contributed by atoms with Gasteiger partial charge in [-0.05, 0) is 36.8 Å². The molecule has 2 aromatic carbocycles. The number of nitriles is 1. The number of aromatic nitrogens is 1. The van der Waals surface area contributed by atoms with Crippen molar-refractivity contribution in [1.29, 1.82) is 5.26 Å². The van der Waals surface area contributed by atoms with Gasteiger partial charge in [-0.2, -0.15) is 5.26 Å². The molecule has 6 heteroatoms. The Labute approximate surface area is 144 Å². The molecule has 0 aliphatic carbocycles. The summed E-state index contributed by atoms with van der Waals surface area (Å²) in [6, 6.07) is 10.7. The molecule has 0 fully saturated rings. The van der Waals surface area contributed by atoms with E-state index in [0.717, 1.165) is 11.3 Å². The van der Waals surface area contributed by atoms with Gasteiger partial charge >= 0.3 is 0 Å². The highest BCUT2D eigenvalue weighted by molar-refractivity contribution is 6.30. The van der Waals surface area contributed by atoms with Crippen molar-refractivity contribution >= 4 is 33.9 Å². The first kappa shape index (κ1) is 15.9. The SMILES string of the molecule is COc1cc2ncc(C#N)c(Nc3ccc(Cl)cc3C)c2cc1O. The highest BCUT2D eigenvalue weighted by atomic mass is 35.5. The predicted octanol–water partition coefficient (Wildman–Crippen LogP) is 4.53. The molecular formula is C18H14ClN3O2. The highest BCUT2D eigenvalue weighted by Gasteiger charge is 2.14. The van der Waals surface area contributed by atoms with Gasteiger partial charge in [0.2, 0.25) is 0 Å². The van der Waals surface area contributed by atoms with E-state index < -0.39 is 0 Å². The van der Waals surface area contributed by atoms with Gasteiger partial charge < -0.3 is 15.2 Å². The van der Waals surface area contributed by atoms with Crippen molar-refractivity contribution in [3.05, 3.63) is 52.7 Å². The zero-order chi connectivity index (χ0) is 17.3. The molecule has 0 aliphatic rings. The quantitative estimate of drug-likeness (QED) is 0.733. The first-order valence-corrected chi connectivity index (χ1v) is 7.54. The fraction of sp³-hybridized carbons (Fsp3) is 0.111. The Balaban J connectivity index is 2.21. The smallest absolute Gasteiger partial charge is 0.162 e. The Morgan fingerprint density at radius 1 is 1.29 bits per heavy atom. The second-order valence-electron chi connectivity index (χ2n) is 5.28. The van der Waals surface area contributed by atoms with Gasteiger partial charge in [0, 0.05) is 28.4 Å². The number of benzene rings is 2. The monoisotopic (exact) mass is 339 g/mol. The number of phenolic OH excluding ortho intramolecular Hbond substituents is 1. The van der Waals surface area contributed by atoms with Gasteiger partial charge in [0.25, 0.3) is 0 Å². The number of hydrogen-bond donors (Lipinski definition) is 2. The minimum atomic E-state index is -0.0160.